The zero-order valence-electron chi connectivity index (χ0n) is 12.6. The number of likely N-dealkylation sites (N-methyl/N-ethyl adjacent to an activating group) is 1. The summed E-state index contributed by atoms with van der Waals surface area (Å²) in [6.45, 7) is 3.77. The Morgan fingerprint density at radius 3 is 2.57 bits per heavy atom. The number of halogens is 2. The number of hydrogen-bond acceptors (Lipinski definition) is 4. The minimum atomic E-state index is -2.52. The molecule has 0 aromatic rings. The third-order valence-corrected chi connectivity index (χ3v) is 3.41. The number of hydrogen-bond donors (Lipinski definition) is 2. The second kappa shape index (κ2) is 8.23. The number of nitrogens with zero attached hydrogens (tertiary/aromatic N) is 1. The van der Waals surface area contributed by atoms with Gasteiger partial charge in [-0.3, -0.25) is 14.5 Å². The van der Waals surface area contributed by atoms with Crippen molar-refractivity contribution in [3.8, 4) is 0 Å². The van der Waals surface area contributed by atoms with Gasteiger partial charge in [0, 0.05) is 13.6 Å². The topological polar surface area (TPSA) is 70.7 Å². The van der Waals surface area contributed by atoms with E-state index in [1.807, 2.05) is 0 Å². The van der Waals surface area contributed by atoms with Crippen molar-refractivity contribution in [1.29, 1.82) is 0 Å². The molecular weight excluding hydrogens is 284 g/mol. The molecule has 0 aliphatic carbocycles. The van der Waals surface area contributed by atoms with Crippen molar-refractivity contribution in [3.05, 3.63) is 0 Å². The fourth-order valence-electron chi connectivity index (χ4n) is 2.22. The Hall–Kier alpha value is -1.28. The molecule has 8 heteroatoms. The van der Waals surface area contributed by atoms with Gasteiger partial charge in [0.2, 0.25) is 11.8 Å². The van der Waals surface area contributed by atoms with Gasteiger partial charge in [-0.1, -0.05) is 13.8 Å². The SMILES string of the molecule is CNC(=O)C(NC(=O)C1COCCN1CC(F)F)C(C)C. The van der Waals surface area contributed by atoms with Gasteiger partial charge in [-0.15, -0.1) is 0 Å². The molecular formula is C13H23F2N3O3. The molecule has 2 unspecified atom stereocenters. The summed E-state index contributed by atoms with van der Waals surface area (Å²) in [6.07, 6.45) is -2.52. The molecule has 0 saturated carbocycles. The predicted octanol–water partition coefficient (Wildman–Crippen LogP) is -0.161. The fourth-order valence-corrected chi connectivity index (χ4v) is 2.22. The quantitative estimate of drug-likeness (QED) is 0.715. The summed E-state index contributed by atoms with van der Waals surface area (Å²) in [4.78, 5) is 25.4. The highest BCUT2D eigenvalue weighted by atomic mass is 19.3. The van der Waals surface area contributed by atoms with Crippen molar-refractivity contribution in [2.75, 3.05) is 33.4 Å². The second-order valence-corrected chi connectivity index (χ2v) is 5.32. The Kier molecular flexibility index (Phi) is 6.97. The number of nitrogens with one attached hydrogen (secondary N) is 2. The lowest BCUT2D eigenvalue weighted by molar-refractivity contribution is -0.138. The van der Waals surface area contributed by atoms with Crippen molar-refractivity contribution in [3.63, 3.8) is 0 Å². The minimum Gasteiger partial charge on any atom is -0.378 e. The van der Waals surface area contributed by atoms with E-state index in [2.05, 4.69) is 10.6 Å². The number of alkyl halides is 2. The van der Waals surface area contributed by atoms with Crippen LogP contribution in [0.15, 0.2) is 0 Å². The molecule has 0 aromatic heterocycles. The summed E-state index contributed by atoms with van der Waals surface area (Å²) in [5, 5.41) is 5.10. The molecule has 1 saturated heterocycles. The molecule has 21 heavy (non-hydrogen) atoms. The number of amides is 2. The molecule has 2 N–H and O–H groups in total. The monoisotopic (exact) mass is 307 g/mol. The lowest BCUT2D eigenvalue weighted by Gasteiger charge is -2.35. The summed E-state index contributed by atoms with van der Waals surface area (Å²) in [5.41, 5.74) is 0. The highest BCUT2D eigenvalue weighted by molar-refractivity contribution is 5.89. The Labute approximate surface area is 123 Å². The first-order valence-electron chi connectivity index (χ1n) is 6.98. The molecule has 1 fully saturated rings. The Morgan fingerprint density at radius 2 is 2.05 bits per heavy atom. The van der Waals surface area contributed by atoms with E-state index in [-0.39, 0.29) is 25.0 Å². The Morgan fingerprint density at radius 1 is 1.38 bits per heavy atom. The average Bonchev–Trinajstić information content (AvgIpc) is 2.43. The first-order valence-corrected chi connectivity index (χ1v) is 6.98. The van der Waals surface area contributed by atoms with Crippen LogP contribution in [0.5, 0.6) is 0 Å². The zero-order valence-corrected chi connectivity index (χ0v) is 12.6. The molecule has 1 rings (SSSR count). The molecule has 0 aromatic carbocycles. The molecule has 6 nitrogen and oxygen atoms in total. The maximum Gasteiger partial charge on any atom is 0.251 e. The smallest absolute Gasteiger partial charge is 0.251 e. The number of carbonyl (C=O) groups is 2. The summed E-state index contributed by atoms with van der Waals surface area (Å²) >= 11 is 0. The third kappa shape index (κ3) is 5.20. The van der Waals surface area contributed by atoms with Gasteiger partial charge in [0.1, 0.15) is 12.1 Å². The lowest BCUT2D eigenvalue weighted by atomic mass is 10.0. The van der Waals surface area contributed by atoms with Crippen molar-refractivity contribution in [2.45, 2.75) is 32.4 Å². The van der Waals surface area contributed by atoms with Gasteiger partial charge in [0.15, 0.2) is 0 Å². The number of ether oxygens (including phenoxy) is 1. The van der Waals surface area contributed by atoms with Crippen LogP contribution in [-0.4, -0.2) is 68.6 Å². The second-order valence-electron chi connectivity index (χ2n) is 5.32. The van der Waals surface area contributed by atoms with Crippen LogP contribution in [0.3, 0.4) is 0 Å². The molecule has 122 valence electrons. The molecule has 1 heterocycles. The molecule has 1 aliphatic heterocycles. The number of morpholine rings is 1. The van der Waals surface area contributed by atoms with E-state index in [1.165, 1.54) is 11.9 Å². The van der Waals surface area contributed by atoms with Gasteiger partial charge in [-0.25, -0.2) is 8.78 Å². The van der Waals surface area contributed by atoms with Crippen LogP contribution in [0, 0.1) is 5.92 Å². The van der Waals surface area contributed by atoms with Crippen LogP contribution in [0.25, 0.3) is 0 Å². The van der Waals surface area contributed by atoms with E-state index in [9.17, 15) is 18.4 Å². The fraction of sp³-hybridized carbons (Fsp3) is 0.846. The molecule has 1 aliphatic rings. The summed E-state index contributed by atoms with van der Waals surface area (Å²) < 4.78 is 30.3. The highest BCUT2D eigenvalue weighted by Crippen LogP contribution is 2.11. The van der Waals surface area contributed by atoms with Gasteiger partial charge >= 0.3 is 0 Å². The Bertz CT molecular complexity index is 367. The van der Waals surface area contributed by atoms with E-state index in [4.69, 9.17) is 4.74 Å². The standard InChI is InChI=1S/C13H23F2N3O3/c1-8(2)11(13(20)16-3)17-12(19)9-7-21-5-4-18(9)6-10(14)15/h8-11H,4-7H2,1-3H3,(H,16,20)(H,17,19). The van der Waals surface area contributed by atoms with Crippen LogP contribution < -0.4 is 10.6 Å². The maximum atomic E-state index is 12.6. The van der Waals surface area contributed by atoms with Crippen molar-refractivity contribution < 1.29 is 23.1 Å². The van der Waals surface area contributed by atoms with E-state index in [1.54, 1.807) is 13.8 Å². The largest absolute Gasteiger partial charge is 0.378 e. The van der Waals surface area contributed by atoms with Crippen LogP contribution in [0.1, 0.15) is 13.8 Å². The van der Waals surface area contributed by atoms with E-state index in [0.29, 0.717) is 6.61 Å². The normalized spacial score (nSPS) is 21.4. The van der Waals surface area contributed by atoms with E-state index >= 15 is 0 Å². The van der Waals surface area contributed by atoms with Crippen LogP contribution in [0.2, 0.25) is 0 Å². The minimum absolute atomic E-state index is 0.0527. The van der Waals surface area contributed by atoms with Gasteiger partial charge in [0.25, 0.3) is 6.43 Å². The predicted molar refractivity (Wildman–Crippen MR) is 73.0 cm³/mol. The summed E-state index contributed by atoms with van der Waals surface area (Å²) in [7, 11) is 1.48. The zero-order chi connectivity index (χ0) is 16.0. The first-order chi connectivity index (χ1) is 9.86. The molecule has 0 spiro atoms. The molecule has 0 bridgehead atoms. The number of carbonyl (C=O) groups excluding carboxylic acids is 2. The van der Waals surface area contributed by atoms with Crippen LogP contribution in [-0.2, 0) is 14.3 Å². The van der Waals surface area contributed by atoms with Gasteiger partial charge in [0.05, 0.1) is 19.8 Å². The van der Waals surface area contributed by atoms with Crippen molar-refractivity contribution in [1.82, 2.24) is 15.5 Å². The summed E-state index contributed by atoms with van der Waals surface area (Å²) in [6, 6.07) is -1.49. The molecule has 2 amide bonds. The van der Waals surface area contributed by atoms with Crippen LogP contribution >= 0.6 is 0 Å². The van der Waals surface area contributed by atoms with Crippen molar-refractivity contribution in [2.24, 2.45) is 5.92 Å². The number of rotatable bonds is 6. The molecule has 2 atom stereocenters. The lowest BCUT2D eigenvalue weighted by Crippen LogP contribution is -2.59. The van der Waals surface area contributed by atoms with Crippen molar-refractivity contribution >= 4 is 11.8 Å². The summed E-state index contributed by atoms with van der Waals surface area (Å²) in [5.74, 6) is -0.880. The van der Waals surface area contributed by atoms with Gasteiger partial charge < -0.3 is 15.4 Å². The molecule has 0 radical (unpaired) electrons. The average molecular weight is 307 g/mol. The Balaban J connectivity index is 2.72. The van der Waals surface area contributed by atoms with E-state index in [0.717, 1.165) is 0 Å². The van der Waals surface area contributed by atoms with E-state index < -0.39 is 31.0 Å². The van der Waals surface area contributed by atoms with Gasteiger partial charge in [-0.2, -0.15) is 0 Å². The first kappa shape index (κ1) is 17.8. The van der Waals surface area contributed by atoms with Crippen LogP contribution in [0.4, 0.5) is 8.78 Å². The third-order valence-electron chi connectivity index (χ3n) is 3.41. The van der Waals surface area contributed by atoms with Gasteiger partial charge in [-0.05, 0) is 5.92 Å². The maximum absolute atomic E-state index is 12.6. The highest BCUT2D eigenvalue weighted by Gasteiger charge is 2.33.